The van der Waals surface area contributed by atoms with Crippen molar-refractivity contribution in [3.63, 3.8) is 0 Å². The van der Waals surface area contributed by atoms with Gasteiger partial charge in [-0.1, -0.05) is 72.3 Å². The molecule has 0 bridgehead atoms. The van der Waals surface area contributed by atoms with Crippen LogP contribution in [-0.2, 0) is 4.74 Å². The maximum absolute atomic E-state index is 12.2. The van der Waals surface area contributed by atoms with Crippen LogP contribution in [0.15, 0.2) is 79.1 Å². The number of nitrogens with one attached hydrogen (secondary N) is 1. The van der Waals surface area contributed by atoms with Crippen LogP contribution in [0.25, 0.3) is 23.0 Å². The van der Waals surface area contributed by atoms with Crippen molar-refractivity contribution in [3.05, 3.63) is 101 Å². The first-order chi connectivity index (χ1) is 16.2. The molecule has 1 aliphatic carbocycles. The van der Waals surface area contributed by atoms with Crippen LogP contribution in [0, 0.1) is 0 Å². The lowest BCUT2D eigenvalue weighted by Crippen LogP contribution is -2.26. The molecule has 0 spiro atoms. The predicted octanol–water partition coefficient (Wildman–Crippen LogP) is 4.87. The standard InChI is InChI=1S/C25H20ClN5O2/c26-23-11-12-24(30-29-23)31-15-17(14-28-31)6-5-13-27-25(32)33-16-22-20-9-3-1-7-18(20)19-8-2-4-10-21(19)22/h1-12,14-15,22H,13,16H2,(H,27,32). The van der Waals surface area contributed by atoms with E-state index in [1.165, 1.54) is 22.3 Å². The van der Waals surface area contributed by atoms with E-state index in [2.05, 4.69) is 44.9 Å². The Morgan fingerprint density at radius 3 is 2.45 bits per heavy atom. The number of rotatable bonds is 6. The molecule has 1 N–H and O–H groups in total. The van der Waals surface area contributed by atoms with Gasteiger partial charge in [-0.3, -0.25) is 0 Å². The predicted molar refractivity (Wildman–Crippen MR) is 126 cm³/mol. The number of carbonyl (C=O) groups is 1. The normalized spacial score (nSPS) is 12.5. The molecule has 4 aromatic rings. The summed E-state index contributed by atoms with van der Waals surface area (Å²) in [5.74, 6) is 0.608. The van der Waals surface area contributed by atoms with Crippen LogP contribution in [0.3, 0.4) is 0 Å². The highest BCUT2D eigenvalue weighted by Gasteiger charge is 2.28. The maximum atomic E-state index is 12.2. The molecule has 5 rings (SSSR count). The summed E-state index contributed by atoms with van der Waals surface area (Å²) in [6, 6.07) is 19.9. The second-order valence-electron chi connectivity index (χ2n) is 7.54. The Kier molecular flexibility index (Phi) is 5.87. The van der Waals surface area contributed by atoms with Crippen LogP contribution in [0.4, 0.5) is 4.79 Å². The quantitative estimate of drug-likeness (QED) is 0.446. The van der Waals surface area contributed by atoms with Crippen LogP contribution in [0.2, 0.25) is 5.15 Å². The molecule has 164 valence electrons. The topological polar surface area (TPSA) is 81.9 Å². The zero-order valence-electron chi connectivity index (χ0n) is 17.6. The molecule has 2 heterocycles. The SMILES string of the molecule is O=C(NCC=Cc1cnn(-c2ccc(Cl)nn2)c1)OCC1c2ccccc2-c2ccccc21. The monoisotopic (exact) mass is 457 g/mol. The van der Waals surface area contributed by atoms with Crippen molar-refractivity contribution in [2.24, 2.45) is 0 Å². The first kappa shape index (κ1) is 20.9. The van der Waals surface area contributed by atoms with Gasteiger partial charge in [0.1, 0.15) is 6.61 Å². The third kappa shape index (κ3) is 4.49. The lowest BCUT2D eigenvalue weighted by atomic mass is 9.98. The largest absolute Gasteiger partial charge is 0.449 e. The Bertz CT molecular complexity index is 1270. The molecule has 0 fully saturated rings. The summed E-state index contributed by atoms with van der Waals surface area (Å²) in [5, 5.41) is 15.1. The van der Waals surface area contributed by atoms with Crippen LogP contribution < -0.4 is 5.32 Å². The maximum Gasteiger partial charge on any atom is 0.407 e. The number of halogens is 1. The third-order valence-electron chi connectivity index (χ3n) is 5.47. The van der Waals surface area contributed by atoms with Crippen molar-refractivity contribution in [3.8, 4) is 16.9 Å². The highest BCUT2D eigenvalue weighted by molar-refractivity contribution is 6.29. The van der Waals surface area contributed by atoms with E-state index in [0.29, 0.717) is 24.1 Å². The number of alkyl carbamates (subject to hydrolysis) is 1. The van der Waals surface area contributed by atoms with Crippen LogP contribution in [-0.4, -0.2) is 39.2 Å². The summed E-state index contributed by atoms with van der Waals surface area (Å²) < 4.78 is 7.14. The number of aromatic nitrogens is 4. The van der Waals surface area contributed by atoms with Crippen LogP contribution in [0.1, 0.15) is 22.6 Å². The molecule has 0 atom stereocenters. The Morgan fingerprint density at radius 1 is 1.03 bits per heavy atom. The van der Waals surface area contributed by atoms with Crippen LogP contribution >= 0.6 is 11.6 Å². The number of fused-ring (bicyclic) bond motifs is 3. The van der Waals surface area contributed by atoms with E-state index < -0.39 is 6.09 Å². The summed E-state index contributed by atoms with van der Waals surface area (Å²) >= 11 is 5.76. The Morgan fingerprint density at radius 2 is 1.76 bits per heavy atom. The van der Waals surface area contributed by atoms with Gasteiger partial charge in [0.25, 0.3) is 0 Å². The van der Waals surface area contributed by atoms with Gasteiger partial charge in [-0.15, -0.1) is 10.2 Å². The van der Waals surface area contributed by atoms with Gasteiger partial charge < -0.3 is 10.1 Å². The molecule has 1 aliphatic rings. The fraction of sp³-hybridized carbons (Fsp3) is 0.120. The minimum Gasteiger partial charge on any atom is -0.449 e. The van der Waals surface area contributed by atoms with E-state index in [4.69, 9.17) is 16.3 Å². The van der Waals surface area contributed by atoms with Crippen molar-refractivity contribution in [2.75, 3.05) is 13.2 Å². The summed E-state index contributed by atoms with van der Waals surface area (Å²) in [6.45, 7) is 0.626. The summed E-state index contributed by atoms with van der Waals surface area (Å²) in [6.07, 6.45) is 6.74. The van der Waals surface area contributed by atoms with E-state index in [0.717, 1.165) is 5.56 Å². The number of benzene rings is 2. The Labute approximate surface area is 195 Å². The number of nitrogens with zero attached hydrogens (tertiary/aromatic N) is 4. The van der Waals surface area contributed by atoms with Crippen molar-refractivity contribution in [1.82, 2.24) is 25.3 Å². The van der Waals surface area contributed by atoms with E-state index >= 15 is 0 Å². The molecule has 8 heteroatoms. The molecule has 33 heavy (non-hydrogen) atoms. The molecule has 0 radical (unpaired) electrons. The first-order valence-corrected chi connectivity index (χ1v) is 10.9. The lowest BCUT2D eigenvalue weighted by Gasteiger charge is -2.14. The van der Waals surface area contributed by atoms with Crippen molar-refractivity contribution < 1.29 is 9.53 Å². The Hall–Kier alpha value is -3.97. The number of amides is 1. The molecule has 0 unspecified atom stereocenters. The highest BCUT2D eigenvalue weighted by Crippen LogP contribution is 2.44. The molecule has 0 aliphatic heterocycles. The summed E-state index contributed by atoms with van der Waals surface area (Å²) in [7, 11) is 0. The van der Waals surface area contributed by atoms with E-state index in [-0.39, 0.29) is 5.92 Å². The summed E-state index contributed by atoms with van der Waals surface area (Å²) in [5.41, 5.74) is 5.65. The van der Waals surface area contributed by atoms with E-state index in [9.17, 15) is 4.79 Å². The molecular formula is C25H20ClN5O2. The van der Waals surface area contributed by atoms with Gasteiger partial charge in [-0.05, 0) is 34.4 Å². The zero-order valence-corrected chi connectivity index (χ0v) is 18.3. The molecule has 7 nitrogen and oxygen atoms in total. The third-order valence-corrected chi connectivity index (χ3v) is 5.68. The molecule has 0 saturated carbocycles. The smallest absolute Gasteiger partial charge is 0.407 e. The number of ether oxygens (including phenoxy) is 1. The molecule has 0 saturated heterocycles. The van der Waals surface area contributed by atoms with Gasteiger partial charge in [0.05, 0.1) is 6.20 Å². The van der Waals surface area contributed by atoms with Gasteiger partial charge in [0.15, 0.2) is 11.0 Å². The molecule has 2 aromatic heterocycles. The molecular weight excluding hydrogens is 438 g/mol. The fourth-order valence-electron chi connectivity index (χ4n) is 3.97. The van der Waals surface area contributed by atoms with Gasteiger partial charge >= 0.3 is 6.09 Å². The molecule has 2 aromatic carbocycles. The minimum absolute atomic E-state index is 0.0421. The second kappa shape index (κ2) is 9.26. The summed E-state index contributed by atoms with van der Waals surface area (Å²) in [4.78, 5) is 12.2. The Balaban J connectivity index is 1.14. The van der Waals surface area contributed by atoms with Gasteiger partial charge in [-0.25, -0.2) is 9.48 Å². The number of hydrogen-bond donors (Lipinski definition) is 1. The number of hydrogen-bond acceptors (Lipinski definition) is 5. The van der Waals surface area contributed by atoms with Crippen molar-refractivity contribution in [1.29, 1.82) is 0 Å². The highest BCUT2D eigenvalue weighted by atomic mass is 35.5. The number of carbonyl (C=O) groups excluding carboxylic acids is 1. The average Bonchev–Trinajstić information content (AvgIpc) is 3.44. The van der Waals surface area contributed by atoms with Crippen molar-refractivity contribution >= 4 is 23.8 Å². The van der Waals surface area contributed by atoms with Gasteiger partial charge in [0, 0.05) is 24.2 Å². The van der Waals surface area contributed by atoms with Gasteiger partial charge in [0.2, 0.25) is 0 Å². The van der Waals surface area contributed by atoms with Crippen LogP contribution in [0.5, 0.6) is 0 Å². The average molecular weight is 458 g/mol. The van der Waals surface area contributed by atoms with Crippen molar-refractivity contribution in [2.45, 2.75) is 5.92 Å². The second-order valence-corrected chi connectivity index (χ2v) is 7.93. The lowest BCUT2D eigenvalue weighted by molar-refractivity contribution is 0.144. The van der Waals surface area contributed by atoms with E-state index in [1.54, 1.807) is 23.0 Å². The fourth-order valence-corrected chi connectivity index (χ4v) is 4.07. The van der Waals surface area contributed by atoms with E-state index in [1.807, 2.05) is 42.6 Å². The zero-order chi connectivity index (χ0) is 22.6. The van der Waals surface area contributed by atoms with Gasteiger partial charge in [-0.2, -0.15) is 5.10 Å². The first-order valence-electron chi connectivity index (χ1n) is 10.5. The minimum atomic E-state index is -0.450. The molecule has 1 amide bonds.